The molecule has 0 saturated heterocycles. The fraction of sp³-hybridized carbons (Fsp3) is 0.286. The number of aliphatic hydroxyl groups excluding tert-OH is 1. The zero-order valence-electron chi connectivity index (χ0n) is 7.75. The fourth-order valence-corrected chi connectivity index (χ4v) is 1.54. The molecule has 5 nitrogen and oxygen atoms in total. The van der Waals surface area contributed by atoms with Gasteiger partial charge in [0.05, 0.1) is 18.5 Å². The molecule has 0 aromatic rings. The Bertz CT molecular complexity index is 392. The van der Waals surface area contributed by atoms with E-state index in [1.54, 1.807) is 0 Å². The van der Waals surface area contributed by atoms with Gasteiger partial charge in [0, 0.05) is 0 Å². The lowest BCUT2D eigenvalue weighted by molar-refractivity contribution is -0.251. The Hall–Kier alpha value is -1.32. The van der Waals surface area contributed by atoms with Crippen molar-refractivity contribution in [3.8, 4) is 0 Å². The predicted molar refractivity (Wildman–Crippen MR) is 51.9 cm³/mol. The molecule has 0 saturated carbocycles. The van der Waals surface area contributed by atoms with Crippen molar-refractivity contribution < 1.29 is 18.3 Å². The van der Waals surface area contributed by atoms with Gasteiger partial charge in [0.15, 0.2) is 0 Å². The molecule has 0 fully saturated rings. The van der Waals surface area contributed by atoms with Crippen molar-refractivity contribution in [2.75, 3.05) is 6.61 Å². The Balaban J connectivity index is 2.27. The Morgan fingerprint density at radius 1 is 1.44 bits per heavy atom. The maximum absolute atomic E-state index is 12.4. The predicted octanol–water partition coefficient (Wildman–Crippen LogP) is 0.149. The van der Waals surface area contributed by atoms with E-state index in [0.29, 0.717) is 0 Å². The number of aliphatic hydroxyl groups is 1. The molecule has 16 heavy (non-hydrogen) atoms. The van der Waals surface area contributed by atoms with Crippen LogP contribution in [-0.2, 0) is 0 Å². The van der Waals surface area contributed by atoms with Crippen molar-refractivity contribution in [1.29, 1.82) is 0 Å². The van der Waals surface area contributed by atoms with Crippen molar-refractivity contribution in [2.45, 2.75) is 6.30 Å². The molecule has 0 atom stereocenters. The van der Waals surface area contributed by atoms with Crippen LogP contribution in [-0.4, -0.2) is 33.0 Å². The van der Waals surface area contributed by atoms with Crippen molar-refractivity contribution in [3.05, 3.63) is 23.8 Å². The van der Waals surface area contributed by atoms with Gasteiger partial charge in [0.1, 0.15) is 10.8 Å². The van der Waals surface area contributed by atoms with E-state index < -0.39 is 12.9 Å². The molecule has 0 aliphatic carbocycles. The number of thiocarbonyl (C=S) groups is 1. The maximum Gasteiger partial charge on any atom is 0.500 e. The number of nitrogens with zero attached hydrogens (tertiary/aromatic N) is 2. The van der Waals surface area contributed by atoms with E-state index in [1.807, 2.05) is 0 Å². The van der Waals surface area contributed by atoms with E-state index in [4.69, 9.17) is 17.3 Å². The molecule has 0 spiro atoms. The molecule has 9 heteroatoms. The Labute approximate surface area is 93.7 Å². The van der Waals surface area contributed by atoms with Crippen molar-refractivity contribution in [1.82, 2.24) is 20.9 Å². The first-order valence-electron chi connectivity index (χ1n) is 4.18. The SMILES string of the molecule is OCC1=CC(=S)NC2=CN(C(F)(F)F)NN12. The van der Waals surface area contributed by atoms with Crippen LogP contribution in [0.3, 0.4) is 0 Å². The lowest BCUT2D eigenvalue weighted by atomic mass is 10.3. The van der Waals surface area contributed by atoms with Gasteiger partial charge >= 0.3 is 6.30 Å². The molecule has 2 heterocycles. The summed E-state index contributed by atoms with van der Waals surface area (Å²) >= 11 is 4.81. The molecule has 88 valence electrons. The smallest absolute Gasteiger partial charge is 0.390 e. The summed E-state index contributed by atoms with van der Waals surface area (Å²) in [6, 6.07) is 0. The summed E-state index contributed by atoms with van der Waals surface area (Å²) in [4.78, 5) is 0.248. The second-order valence-electron chi connectivity index (χ2n) is 3.07. The van der Waals surface area contributed by atoms with Crippen LogP contribution in [0, 0.1) is 0 Å². The van der Waals surface area contributed by atoms with Crippen LogP contribution < -0.4 is 10.9 Å². The highest BCUT2D eigenvalue weighted by molar-refractivity contribution is 7.80. The number of fused-ring (bicyclic) bond motifs is 1. The number of rotatable bonds is 1. The topological polar surface area (TPSA) is 50.8 Å². The van der Waals surface area contributed by atoms with E-state index in [9.17, 15) is 13.2 Å². The summed E-state index contributed by atoms with van der Waals surface area (Å²) in [7, 11) is 0. The minimum Gasteiger partial charge on any atom is -0.390 e. The summed E-state index contributed by atoms with van der Waals surface area (Å²) < 4.78 is 37.1. The quantitative estimate of drug-likeness (QED) is 0.456. The van der Waals surface area contributed by atoms with Gasteiger partial charge in [-0.3, -0.25) is 0 Å². The first-order chi connectivity index (χ1) is 7.41. The third kappa shape index (κ3) is 1.84. The van der Waals surface area contributed by atoms with E-state index in [0.717, 1.165) is 11.2 Å². The van der Waals surface area contributed by atoms with Gasteiger partial charge in [-0.25, -0.2) is 10.0 Å². The zero-order chi connectivity index (χ0) is 11.9. The maximum atomic E-state index is 12.4. The molecule has 0 unspecified atom stereocenters. The number of hydrogen-bond donors (Lipinski definition) is 3. The molecule has 0 amide bonds. The number of hydrogen-bond acceptors (Lipinski definition) is 5. The van der Waals surface area contributed by atoms with Gasteiger partial charge in [-0.15, -0.1) is 18.7 Å². The Morgan fingerprint density at radius 2 is 2.12 bits per heavy atom. The second-order valence-corrected chi connectivity index (χ2v) is 3.51. The van der Waals surface area contributed by atoms with Gasteiger partial charge < -0.3 is 10.4 Å². The lowest BCUT2D eigenvalue weighted by Gasteiger charge is -2.29. The van der Waals surface area contributed by atoms with Gasteiger partial charge in [0.25, 0.3) is 0 Å². The first kappa shape index (κ1) is 11.2. The summed E-state index contributed by atoms with van der Waals surface area (Å²) in [6.07, 6.45) is -2.36. The van der Waals surface area contributed by atoms with Crippen molar-refractivity contribution in [2.24, 2.45) is 0 Å². The van der Waals surface area contributed by atoms with Crippen LogP contribution in [0.1, 0.15) is 0 Å². The highest BCUT2D eigenvalue weighted by Crippen LogP contribution is 2.27. The van der Waals surface area contributed by atoms with Crippen LogP contribution in [0.15, 0.2) is 23.8 Å². The molecule has 3 N–H and O–H groups in total. The van der Waals surface area contributed by atoms with Crippen LogP contribution in [0.25, 0.3) is 0 Å². The third-order valence-electron chi connectivity index (χ3n) is 1.97. The minimum atomic E-state index is -4.55. The fourth-order valence-electron chi connectivity index (χ4n) is 1.30. The number of hydrazine groups is 2. The van der Waals surface area contributed by atoms with E-state index >= 15 is 0 Å². The summed E-state index contributed by atoms with van der Waals surface area (Å²) in [5.41, 5.74) is 2.29. The second kappa shape index (κ2) is 3.61. The molecule has 0 aromatic carbocycles. The minimum absolute atomic E-state index is 0.0350. The highest BCUT2D eigenvalue weighted by Gasteiger charge is 2.42. The largest absolute Gasteiger partial charge is 0.500 e. The number of alkyl halides is 3. The van der Waals surface area contributed by atoms with E-state index in [2.05, 4.69) is 10.9 Å². The van der Waals surface area contributed by atoms with E-state index in [-0.39, 0.29) is 21.5 Å². The molecule has 2 aliphatic heterocycles. The monoisotopic (exact) mass is 252 g/mol. The summed E-state index contributed by atoms with van der Waals surface area (Å²) in [6.45, 7) is -0.419. The summed E-state index contributed by atoms with van der Waals surface area (Å²) in [5, 5.41) is 12.6. The average Bonchev–Trinajstić information content (AvgIpc) is 2.59. The number of nitrogens with one attached hydrogen (secondary N) is 2. The number of halogens is 3. The van der Waals surface area contributed by atoms with Crippen LogP contribution in [0.2, 0.25) is 0 Å². The Morgan fingerprint density at radius 3 is 2.69 bits per heavy atom. The molecule has 0 aromatic heterocycles. The first-order valence-corrected chi connectivity index (χ1v) is 4.59. The van der Waals surface area contributed by atoms with Gasteiger partial charge in [0.2, 0.25) is 0 Å². The van der Waals surface area contributed by atoms with Crippen LogP contribution >= 0.6 is 12.2 Å². The normalized spacial score (nSPS) is 20.4. The third-order valence-corrected chi connectivity index (χ3v) is 2.19. The van der Waals surface area contributed by atoms with Crippen LogP contribution in [0.5, 0.6) is 0 Å². The average molecular weight is 252 g/mol. The summed E-state index contributed by atoms with van der Waals surface area (Å²) in [5.74, 6) is 0.119. The van der Waals surface area contributed by atoms with Crippen molar-refractivity contribution >= 4 is 17.2 Å². The molecular formula is C7H7F3N4OS. The van der Waals surface area contributed by atoms with Gasteiger partial charge in [-0.05, 0) is 6.08 Å². The van der Waals surface area contributed by atoms with Gasteiger partial charge in [-0.1, -0.05) is 12.2 Å². The van der Waals surface area contributed by atoms with E-state index in [1.165, 1.54) is 6.08 Å². The van der Waals surface area contributed by atoms with Gasteiger partial charge in [-0.2, -0.15) is 0 Å². The highest BCUT2D eigenvalue weighted by atomic mass is 32.1. The molecule has 2 aliphatic rings. The molecule has 0 radical (unpaired) electrons. The lowest BCUT2D eigenvalue weighted by Crippen LogP contribution is -2.49. The van der Waals surface area contributed by atoms with Crippen LogP contribution in [0.4, 0.5) is 13.2 Å². The molecule has 2 rings (SSSR count). The van der Waals surface area contributed by atoms with Crippen molar-refractivity contribution in [3.63, 3.8) is 0 Å². The molecule has 0 bridgehead atoms. The Kier molecular flexibility index (Phi) is 2.52. The standard InChI is InChI=1S/C7H7F3N4OS/c8-7(9,10)13-2-5-11-6(16)1-4(3-15)14(5)12-13/h1-2,12,15H,3H2,(H,11,16). The molecular weight excluding hydrogens is 245 g/mol. The zero-order valence-corrected chi connectivity index (χ0v) is 8.56.